The lowest BCUT2D eigenvalue weighted by molar-refractivity contribution is 0.374. The van der Waals surface area contributed by atoms with Gasteiger partial charge in [-0.2, -0.15) is 0 Å². The molecule has 0 aliphatic heterocycles. The van der Waals surface area contributed by atoms with Crippen molar-refractivity contribution in [2.24, 2.45) is 0 Å². The Bertz CT molecular complexity index is 568. The molecule has 98 valence electrons. The molecule has 0 atom stereocenters. The second-order valence-corrected chi connectivity index (χ2v) is 6.19. The lowest BCUT2D eigenvalue weighted by Gasteiger charge is -2.37. The molecule has 2 nitrogen and oxygen atoms in total. The number of rotatable bonds is 3. The van der Waals surface area contributed by atoms with E-state index in [-0.39, 0.29) is 0 Å². The molecule has 1 aliphatic rings. The predicted molar refractivity (Wildman–Crippen MR) is 82.8 cm³/mol. The van der Waals surface area contributed by atoms with Crippen molar-refractivity contribution in [3.8, 4) is 0 Å². The molecule has 1 fully saturated rings. The lowest BCUT2D eigenvalue weighted by atomic mass is 9.76. The summed E-state index contributed by atoms with van der Waals surface area (Å²) in [5.41, 5.74) is 2.34. The van der Waals surface area contributed by atoms with Gasteiger partial charge in [0.1, 0.15) is 0 Å². The highest BCUT2D eigenvalue weighted by molar-refractivity contribution is 9.10. The first-order valence-corrected chi connectivity index (χ1v) is 7.52. The normalized spacial score (nSPS) is 21.8. The Morgan fingerprint density at radius 3 is 2.68 bits per heavy atom. The van der Waals surface area contributed by atoms with Crippen molar-refractivity contribution >= 4 is 33.2 Å². The molecular formula is C15H14BrClN2. The Morgan fingerprint density at radius 1 is 1.21 bits per heavy atom. The highest BCUT2D eigenvalue weighted by Crippen LogP contribution is 2.39. The van der Waals surface area contributed by atoms with Crippen molar-refractivity contribution in [3.05, 3.63) is 57.8 Å². The number of halogens is 2. The first kappa shape index (κ1) is 12.9. The fourth-order valence-corrected chi connectivity index (χ4v) is 2.97. The molecular weight excluding hydrogens is 324 g/mol. The first-order valence-electron chi connectivity index (χ1n) is 6.35. The van der Waals surface area contributed by atoms with Gasteiger partial charge >= 0.3 is 0 Å². The minimum Gasteiger partial charge on any atom is -0.380 e. The van der Waals surface area contributed by atoms with Crippen molar-refractivity contribution in [3.63, 3.8) is 0 Å². The summed E-state index contributed by atoms with van der Waals surface area (Å²) in [6, 6.07) is 13.1. The van der Waals surface area contributed by atoms with E-state index in [2.05, 4.69) is 56.6 Å². The fraction of sp³-hybridized carbons (Fsp3) is 0.267. The molecule has 1 aliphatic carbocycles. The van der Waals surface area contributed by atoms with Crippen LogP contribution in [0.4, 0.5) is 5.69 Å². The molecule has 0 amide bonds. The van der Waals surface area contributed by atoms with Gasteiger partial charge in [0, 0.05) is 16.7 Å². The van der Waals surface area contributed by atoms with Crippen LogP contribution >= 0.6 is 27.5 Å². The fourth-order valence-electron chi connectivity index (χ4n) is 2.48. The summed E-state index contributed by atoms with van der Waals surface area (Å²) in [5.74, 6) is 0.664. The Hall–Kier alpha value is -1.06. The van der Waals surface area contributed by atoms with Crippen LogP contribution in [0.3, 0.4) is 0 Å². The van der Waals surface area contributed by atoms with Crippen LogP contribution in [0.15, 0.2) is 47.1 Å². The number of benzene rings is 1. The van der Waals surface area contributed by atoms with E-state index in [4.69, 9.17) is 11.6 Å². The summed E-state index contributed by atoms with van der Waals surface area (Å²) in [6.07, 6.45) is 4.00. The quantitative estimate of drug-likeness (QED) is 0.809. The maximum atomic E-state index is 6.08. The summed E-state index contributed by atoms with van der Waals surface area (Å²) in [4.78, 5) is 4.12. The number of anilines is 1. The van der Waals surface area contributed by atoms with Crippen molar-refractivity contribution in [2.75, 3.05) is 5.32 Å². The molecule has 19 heavy (non-hydrogen) atoms. The third-order valence-electron chi connectivity index (χ3n) is 3.57. The van der Waals surface area contributed by atoms with E-state index >= 15 is 0 Å². The van der Waals surface area contributed by atoms with Crippen molar-refractivity contribution in [1.82, 2.24) is 4.98 Å². The van der Waals surface area contributed by atoms with Crippen LogP contribution in [0.1, 0.15) is 24.3 Å². The van der Waals surface area contributed by atoms with Gasteiger partial charge in [-0.3, -0.25) is 0 Å². The van der Waals surface area contributed by atoms with E-state index in [1.807, 2.05) is 6.07 Å². The lowest BCUT2D eigenvalue weighted by Crippen LogP contribution is -2.34. The zero-order chi connectivity index (χ0) is 13.2. The van der Waals surface area contributed by atoms with Crippen LogP contribution in [0.25, 0.3) is 0 Å². The largest absolute Gasteiger partial charge is 0.380 e. The molecule has 3 rings (SSSR count). The minimum absolute atomic E-state index is 0.485. The summed E-state index contributed by atoms with van der Waals surface area (Å²) in [7, 11) is 0. The number of aromatic nitrogens is 1. The van der Waals surface area contributed by atoms with E-state index in [1.54, 1.807) is 6.20 Å². The van der Waals surface area contributed by atoms with Gasteiger partial charge < -0.3 is 5.32 Å². The van der Waals surface area contributed by atoms with Crippen LogP contribution < -0.4 is 5.32 Å². The van der Waals surface area contributed by atoms with Crippen LogP contribution in [0.2, 0.25) is 5.15 Å². The van der Waals surface area contributed by atoms with Gasteiger partial charge in [0.25, 0.3) is 0 Å². The molecule has 2 aromatic rings. The molecule has 0 spiro atoms. The van der Waals surface area contributed by atoms with Crippen molar-refractivity contribution < 1.29 is 0 Å². The summed E-state index contributed by atoms with van der Waals surface area (Å²) >= 11 is 9.49. The maximum Gasteiger partial charge on any atom is 0.152 e. The molecule has 0 saturated heterocycles. The van der Waals surface area contributed by atoms with Gasteiger partial charge in [-0.05, 0) is 46.3 Å². The molecule has 1 saturated carbocycles. The SMILES string of the molecule is Clc1ncc(Br)cc1NC1CC(c2ccccc2)C1. The van der Waals surface area contributed by atoms with Crippen LogP contribution in [0, 0.1) is 0 Å². The van der Waals surface area contributed by atoms with E-state index < -0.39 is 0 Å². The van der Waals surface area contributed by atoms with Crippen LogP contribution in [-0.4, -0.2) is 11.0 Å². The average molecular weight is 338 g/mol. The van der Waals surface area contributed by atoms with Crippen LogP contribution in [0.5, 0.6) is 0 Å². The van der Waals surface area contributed by atoms with Crippen molar-refractivity contribution in [1.29, 1.82) is 0 Å². The van der Waals surface area contributed by atoms with Gasteiger partial charge in [-0.25, -0.2) is 4.98 Å². The topological polar surface area (TPSA) is 24.9 Å². The Kier molecular flexibility index (Phi) is 3.76. The third-order valence-corrected chi connectivity index (χ3v) is 4.31. The predicted octanol–water partition coefficient (Wildman–Crippen LogP) is 4.86. The standard InChI is InChI=1S/C15H14BrClN2/c16-12-8-14(15(17)18-9-12)19-13-6-11(7-13)10-4-2-1-3-5-10/h1-5,8-9,11,13,19H,6-7H2. The van der Waals surface area contributed by atoms with Gasteiger partial charge in [0.05, 0.1) is 5.69 Å². The summed E-state index contributed by atoms with van der Waals surface area (Å²) in [5, 5.41) is 4.00. The van der Waals surface area contributed by atoms with E-state index in [0.717, 1.165) is 23.0 Å². The number of nitrogens with zero attached hydrogens (tertiary/aromatic N) is 1. The van der Waals surface area contributed by atoms with E-state index in [9.17, 15) is 0 Å². The zero-order valence-corrected chi connectivity index (χ0v) is 12.7. The van der Waals surface area contributed by atoms with Gasteiger partial charge in [0.2, 0.25) is 0 Å². The Morgan fingerprint density at radius 2 is 1.95 bits per heavy atom. The molecule has 0 unspecified atom stereocenters. The van der Waals surface area contributed by atoms with E-state index in [0.29, 0.717) is 17.1 Å². The second-order valence-electron chi connectivity index (χ2n) is 4.91. The highest BCUT2D eigenvalue weighted by atomic mass is 79.9. The van der Waals surface area contributed by atoms with Gasteiger partial charge in [0.15, 0.2) is 5.15 Å². The number of nitrogens with one attached hydrogen (secondary N) is 1. The Labute approximate surface area is 126 Å². The zero-order valence-electron chi connectivity index (χ0n) is 10.3. The third kappa shape index (κ3) is 2.93. The molecule has 0 bridgehead atoms. The van der Waals surface area contributed by atoms with Crippen molar-refractivity contribution in [2.45, 2.75) is 24.8 Å². The van der Waals surface area contributed by atoms with Crippen LogP contribution in [-0.2, 0) is 0 Å². The molecule has 1 N–H and O–H groups in total. The maximum absolute atomic E-state index is 6.08. The summed E-state index contributed by atoms with van der Waals surface area (Å²) in [6.45, 7) is 0. The minimum atomic E-state index is 0.485. The molecule has 1 heterocycles. The molecule has 1 aromatic carbocycles. The highest BCUT2D eigenvalue weighted by Gasteiger charge is 2.30. The molecule has 0 radical (unpaired) electrons. The van der Waals surface area contributed by atoms with Gasteiger partial charge in [-0.1, -0.05) is 41.9 Å². The average Bonchev–Trinajstić information content (AvgIpc) is 2.38. The second kappa shape index (κ2) is 5.51. The van der Waals surface area contributed by atoms with E-state index in [1.165, 1.54) is 5.56 Å². The smallest absolute Gasteiger partial charge is 0.152 e. The first-order chi connectivity index (χ1) is 9.22. The monoisotopic (exact) mass is 336 g/mol. The summed E-state index contributed by atoms with van der Waals surface area (Å²) < 4.78 is 0.943. The number of hydrogen-bond acceptors (Lipinski definition) is 2. The molecule has 4 heteroatoms. The number of hydrogen-bond donors (Lipinski definition) is 1. The molecule has 1 aromatic heterocycles. The van der Waals surface area contributed by atoms with Gasteiger partial charge in [-0.15, -0.1) is 0 Å². The number of pyridine rings is 1. The Balaban J connectivity index is 1.61.